The van der Waals surface area contributed by atoms with Crippen molar-refractivity contribution in [3.63, 3.8) is 0 Å². The molecule has 0 unspecified atom stereocenters. The average Bonchev–Trinajstić information content (AvgIpc) is 3.47. The summed E-state index contributed by atoms with van der Waals surface area (Å²) in [6.07, 6.45) is 4.76. The van der Waals surface area contributed by atoms with Crippen LogP contribution in [0.1, 0.15) is 28.8 Å². The Bertz CT molecular complexity index is 1350. The Labute approximate surface area is 195 Å². The lowest BCUT2D eigenvalue weighted by Crippen LogP contribution is -2.35. The van der Waals surface area contributed by atoms with Crippen molar-refractivity contribution in [2.45, 2.75) is 32.4 Å². The van der Waals surface area contributed by atoms with Crippen LogP contribution in [-0.4, -0.2) is 57.5 Å². The largest absolute Gasteiger partial charge is 0.497 e. The number of nitrogens with zero attached hydrogens (tertiary/aromatic N) is 5. The van der Waals surface area contributed by atoms with Crippen LogP contribution in [0, 0.1) is 5.92 Å². The molecule has 172 valence electrons. The Morgan fingerprint density at radius 3 is 2.82 bits per heavy atom. The van der Waals surface area contributed by atoms with Gasteiger partial charge in [0.25, 0.3) is 0 Å². The molecule has 33 heavy (non-hydrogen) atoms. The van der Waals surface area contributed by atoms with Gasteiger partial charge in [-0.3, -0.25) is 9.47 Å². The van der Waals surface area contributed by atoms with Gasteiger partial charge in [0.15, 0.2) is 5.65 Å². The summed E-state index contributed by atoms with van der Waals surface area (Å²) >= 11 is 1.74. The molecule has 1 fully saturated rings. The van der Waals surface area contributed by atoms with Gasteiger partial charge in [-0.25, -0.2) is 9.78 Å². The number of rotatable bonds is 5. The van der Waals surface area contributed by atoms with Crippen LogP contribution in [0.4, 0.5) is 0 Å². The quantitative estimate of drug-likeness (QED) is 0.451. The highest BCUT2D eigenvalue weighted by atomic mass is 32.1. The van der Waals surface area contributed by atoms with Gasteiger partial charge in [-0.05, 0) is 48.4 Å². The fraction of sp³-hybridized carbons (Fsp3) is 0.458. The highest BCUT2D eigenvalue weighted by Crippen LogP contribution is 2.37. The summed E-state index contributed by atoms with van der Waals surface area (Å²) in [5.41, 5.74) is 2.91. The number of benzene rings is 1. The molecular formula is C24H27N5O3S. The van der Waals surface area contributed by atoms with E-state index in [4.69, 9.17) is 9.47 Å². The van der Waals surface area contributed by atoms with Crippen LogP contribution in [0.2, 0.25) is 0 Å². The van der Waals surface area contributed by atoms with Gasteiger partial charge in [-0.15, -0.1) is 11.3 Å². The minimum atomic E-state index is -0.150. The molecule has 0 spiro atoms. The maximum Gasteiger partial charge on any atom is 0.352 e. The van der Waals surface area contributed by atoms with Gasteiger partial charge in [-0.1, -0.05) is 12.1 Å². The third-order valence-electron chi connectivity index (χ3n) is 6.90. The summed E-state index contributed by atoms with van der Waals surface area (Å²) in [4.78, 5) is 22.7. The molecule has 9 heteroatoms. The molecule has 8 nitrogen and oxygen atoms in total. The van der Waals surface area contributed by atoms with Crippen LogP contribution in [0.5, 0.6) is 5.75 Å². The molecule has 0 bridgehead atoms. The fourth-order valence-electron chi connectivity index (χ4n) is 5.12. The first kappa shape index (κ1) is 20.8. The van der Waals surface area contributed by atoms with Gasteiger partial charge >= 0.3 is 5.69 Å². The van der Waals surface area contributed by atoms with Crippen molar-refractivity contribution >= 4 is 27.2 Å². The van der Waals surface area contributed by atoms with E-state index >= 15 is 0 Å². The molecule has 1 saturated heterocycles. The zero-order valence-corrected chi connectivity index (χ0v) is 19.5. The van der Waals surface area contributed by atoms with E-state index in [1.165, 1.54) is 21.3 Å². The number of thiophene rings is 1. The van der Waals surface area contributed by atoms with E-state index < -0.39 is 0 Å². The van der Waals surface area contributed by atoms with Gasteiger partial charge in [0.1, 0.15) is 16.9 Å². The maximum absolute atomic E-state index is 13.4. The highest BCUT2D eigenvalue weighted by Gasteiger charge is 2.27. The highest BCUT2D eigenvalue weighted by molar-refractivity contribution is 7.19. The summed E-state index contributed by atoms with van der Waals surface area (Å²) < 4.78 is 14.1. The van der Waals surface area contributed by atoms with Gasteiger partial charge < -0.3 is 9.47 Å². The molecule has 6 rings (SSSR count). The van der Waals surface area contributed by atoms with E-state index in [1.54, 1.807) is 18.4 Å². The van der Waals surface area contributed by atoms with Crippen LogP contribution in [0.3, 0.4) is 0 Å². The second-order valence-corrected chi connectivity index (χ2v) is 10.0. The van der Waals surface area contributed by atoms with Crippen LogP contribution >= 0.6 is 11.3 Å². The van der Waals surface area contributed by atoms with Crippen molar-refractivity contribution in [2.24, 2.45) is 5.92 Å². The summed E-state index contributed by atoms with van der Waals surface area (Å²) in [6.45, 7) is 5.35. The normalized spacial score (nSPS) is 17.6. The minimum absolute atomic E-state index is 0.150. The van der Waals surface area contributed by atoms with Gasteiger partial charge in [0.2, 0.25) is 0 Å². The number of aromatic nitrogens is 4. The lowest BCUT2D eigenvalue weighted by molar-refractivity contribution is 0.0508. The first-order chi connectivity index (χ1) is 16.2. The number of fused-ring (bicyclic) bond motifs is 5. The molecule has 0 amide bonds. The van der Waals surface area contributed by atoms with E-state index in [2.05, 4.69) is 15.0 Å². The molecule has 0 saturated carbocycles. The molecule has 4 aromatic rings. The Balaban J connectivity index is 1.39. The predicted molar refractivity (Wildman–Crippen MR) is 127 cm³/mol. The third kappa shape index (κ3) is 3.74. The molecule has 5 heterocycles. The SMILES string of the molecule is COc1ccc(Cn2c(=O)n3ncnc3c3c4c(sc32)CN(CC2CCOCC2)CC4)cc1. The van der Waals surface area contributed by atoms with Gasteiger partial charge in [-0.2, -0.15) is 9.61 Å². The zero-order chi connectivity index (χ0) is 22.4. The Morgan fingerprint density at radius 2 is 2.03 bits per heavy atom. The van der Waals surface area contributed by atoms with E-state index in [0.29, 0.717) is 18.1 Å². The summed E-state index contributed by atoms with van der Waals surface area (Å²) in [5.74, 6) is 1.52. The smallest absolute Gasteiger partial charge is 0.352 e. The van der Waals surface area contributed by atoms with Crippen LogP contribution < -0.4 is 10.4 Å². The third-order valence-corrected chi connectivity index (χ3v) is 8.14. The second kappa shape index (κ2) is 8.55. The first-order valence-corrected chi connectivity index (χ1v) is 12.3. The van der Waals surface area contributed by atoms with Crippen LogP contribution in [-0.2, 0) is 24.2 Å². The molecular weight excluding hydrogens is 438 g/mol. The topological polar surface area (TPSA) is 73.9 Å². The predicted octanol–water partition coefficient (Wildman–Crippen LogP) is 2.95. The van der Waals surface area contributed by atoms with Gasteiger partial charge in [0.05, 0.1) is 19.0 Å². The van der Waals surface area contributed by atoms with Crippen molar-refractivity contribution in [3.05, 3.63) is 57.1 Å². The first-order valence-electron chi connectivity index (χ1n) is 11.5. The Kier molecular flexibility index (Phi) is 5.40. The maximum atomic E-state index is 13.4. The molecule has 0 atom stereocenters. The number of hydrogen-bond donors (Lipinski definition) is 0. The fourth-order valence-corrected chi connectivity index (χ4v) is 6.50. The zero-order valence-electron chi connectivity index (χ0n) is 18.7. The second-order valence-electron chi connectivity index (χ2n) is 8.94. The lowest BCUT2D eigenvalue weighted by Gasteiger charge is -2.32. The minimum Gasteiger partial charge on any atom is -0.497 e. The van der Waals surface area contributed by atoms with E-state index in [-0.39, 0.29) is 5.69 Å². The van der Waals surface area contributed by atoms with E-state index in [1.807, 2.05) is 28.8 Å². The van der Waals surface area contributed by atoms with Gasteiger partial charge in [0, 0.05) is 37.7 Å². The monoisotopic (exact) mass is 465 g/mol. The summed E-state index contributed by atoms with van der Waals surface area (Å²) in [6, 6.07) is 7.87. The number of ether oxygens (including phenoxy) is 2. The average molecular weight is 466 g/mol. The molecule has 3 aromatic heterocycles. The van der Waals surface area contributed by atoms with Crippen molar-refractivity contribution < 1.29 is 9.47 Å². The summed E-state index contributed by atoms with van der Waals surface area (Å²) in [5, 5.41) is 5.34. The van der Waals surface area contributed by atoms with Crippen molar-refractivity contribution in [1.29, 1.82) is 0 Å². The van der Waals surface area contributed by atoms with Crippen molar-refractivity contribution in [1.82, 2.24) is 24.1 Å². The lowest BCUT2D eigenvalue weighted by atomic mass is 9.98. The number of hydrogen-bond acceptors (Lipinski definition) is 7. The molecule has 0 aliphatic carbocycles. The molecule has 2 aliphatic rings. The van der Waals surface area contributed by atoms with E-state index in [9.17, 15) is 4.79 Å². The standard InChI is InChI=1S/C24H27N5O3S/c1-31-18-4-2-16(3-5-18)13-28-23-21(22-25-15-26-29(22)24(28)30)19-6-9-27(14-20(19)33-23)12-17-7-10-32-11-8-17/h2-5,15,17H,6-14H2,1H3. The number of methoxy groups -OCH3 is 1. The van der Waals surface area contributed by atoms with Crippen molar-refractivity contribution in [3.8, 4) is 5.75 Å². The van der Waals surface area contributed by atoms with Crippen molar-refractivity contribution in [2.75, 3.05) is 33.4 Å². The molecule has 2 aliphatic heterocycles. The summed E-state index contributed by atoms with van der Waals surface area (Å²) in [7, 11) is 1.66. The molecule has 0 radical (unpaired) electrons. The molecule has 1 aromatic carbocycles. The van der Waals surface area contributed by atoms with Crippen LogP contribution in [0.15, 0.2) is 35.4 Å². The Hall–Kier alpha value is -2.75. The Morgan fingerprint density at radius 1 is 1.21 bits per heavy atom. The van der Waals surface area contributed by atoms with E-state index in [0.717, 1.165) is 73.6 Å². The van der Waals surface area contributed by atoms with Crippen LogP contribution in [0.25, 0.3) is 15.9 Å². The molecule has 0 N–H and O–H groups in total.